The third-order valence-corrected chi connectivity index (χ3v) is 3.92. The van der Waals surface area contributed by atoms with Gasteiger partial charge in [0.2, 0.25) is 0 Å². The fourth-order valence-electron chi connectivity index (χ4n) is 2.69. The molecule has 3 aromatic rings. The van der Waals surface area contributed by atoms with Gasteiger partial charge in [0.05, 0.1) is 12.3 Å². The molecule has 1 aromatic heterocycles. The zero-order valence-corrected chi connectivity index (χ0v) is 14.0. The van der Waals surface area contributed by atoms with Gasteiger partial charge >= 0.3 is 0 Å². The molecule has 0 saturated heterocycles. The van der Waals surface area contributed by atoms with E-state index in [1.807, 2.05) is 59.3 Å². The number of hydrogen-bond donors (Lipinski definition) is 1. The molecule has 0 spiro atoms. The lowest BCUT2D eigenvalue weighted by Crippen LogP contribution is -2.05. The molecule has 4 heteroatoms. The van der Waals surface area contributed by atoms with E-state index in [0.29, 0.717) is 12.4 Å². The lowest BCUT2D eigenvalue weighted by atomic mass is 10.1. The molecule has 0 radical (unpaired) electrons. The Hall–Kier alpha value is -2.59. The monoisotopic (exact) mass is 322 g/mol. The number of aliphatic hydroxyl groups excluding tert-OH is 1. The number of aliphatic hydroxyl groups is 1. The van der Waals surface area contributed by atoms with Gasteiger partial charge in [-0.3, -0.25) is 4.68 Å². The maximum absolute atomic E-state index is 9.71. The van der Waals surface area contributed by atoms with Crippen molar-refractivity contribution in [3.05, 3.63) is 71.9 Å². The number of rotatable bonds is 6. The Bertz CT molecular complexity index is 794. The van der Waals surface area contributed by atoms with Crippen LogP contribution < -0.4 is 4.74 Å². The van der Waals surface area contributed by atoms with Crippen molar-refractivity contribution in [2.45, 2.75) is 33.1 Å². The summed E-state index contributed by atoms with van der Waals surface area (Å²) < 4.78 is 7.85. The largest absolute Gasteiger partial charge is 0.489 e. The molecule has 124 valence electrons. The predicted molar refractivity (Wildman–Crippen MR) is 94.7 cm³/mol. The zero-order chi connectivity index (χ0) is 16.9. The molecule has 1 N–H and O–H groups in total. The smallest absolute Gasteiger partial charge is 0.125 e. The van der Waals surface area contributed by atoms with Gasteiger partial charge in [-0.05, 0) is 43.7 Å². The van der Waals surface area contributed by atoms with Gasteiger partial charge in [0, 0.05) is 23.4 Å². The van der Waals surface area contributed by atoms with Gasteiger partial charge < -0.3 is 9.84 Å². The molecule has 0 bridgehead atoms. The Morgan fingerprint density at radius 1 is 1.08 bits per heavy atom. The lowest BCUT2D eigenvalue weighted by Gasteiger charge is -2.14. The molecule has 0 fully saturated rings. The Balaban J connectivity index is 1.84. The molecule has 4 nitrogen and oxygen atoms in total. The Labute approximate surface area is 142 Å². The number of ether oxygens (including phenoxy) is 1. The third-order valence-electron chi connectivity index (χ3n) is 3.92. The van der Waals surface area contributed by atoms with Crippen LogP contribution in [0.15, 0.2) is 60.8 Å². The van der Waals surface area contributed by atoms with Gasteiger partial charge in [-0.2, -0.15) is 5.10 Å². The maximum atomic E-state index is 9.71. The molecule has 0 atom stereocenters. The maximum Gasteiger partial charge on any atom is 0.125 e. The minimum Gasteiger partial charge on any atom is -0.489 e. The molecule has 0 unspecified atom stereocenters. The molecule has 3 rings (SSSR count). The molecular weight excluding hydrogens is 300 g/mol. The highest BCUT2D eigenvalue weighted by molar-refractivity contribution is 5.62. The summed E-state index contributed by atoms with van der Waals surface area (Å²) in [7, 11) is 0. The fraction of sp³-hybridized carbons (Fsp3) is 0.250. The standard InChI is InChI=1S/C20H22N2O2/c1-15(2)22-19(10-11-21-22)17-8-9-20(18(12-17)13-23)24-14-16-6-4-3-5-7-16/h3-12,15,23H,13-14H2,1-2H3. The van der Waals surface area contributed by atoms with E-state index in [9.17, 15) is 5.11 Å². The molecule has 0 aliphatic heterocycles. The highest BCUT2D eigenvalue weighted by Gasteiger charge is 2.11. The SMILES string of the molecule is CC(C)n1nccc1-c1ccc(OCc2ccccc2)c(CO)c1. The quantitative estimate of drug-likeness (QED) is 0.740. The topological polar surface area (TPSA) is 47.3 Å². The van der Waals surface area contributed by atoms with Crippen LogP contribution in [0.2, 0.25) is 0 Å². The van der Waals surface area contributed by atoms with E-state index in [0.717, 1.165) is 22.4 Å². The second-order valence-electron chi connectivity index (χ2n) is 6.01. The van der Waals surface area contributed by atoms with E-state index < -0.39 is 0 Å². The van der Waals surface area contributed by atoms with Crippen molar-refractivity contribution in [3.8, 4) is 17.0 Å². The van der Waals surface area contributed by atoms with Crippen LogP contribution >= 0.6 is 0 Å². The van der Waals surface area contributed by atoms with Crippen molar-refractivity contribution >= 4 is 0 Å². The van der Waals surface area contributed by atoms with Gasteiger partial charge in [-0.25, -0.2) is 0 Å². The van der Waals surface area contributed by atoms with E-state index in [1.54, 1.807) is 6.20 Å². The van der Waals surface area contributed by atoms with Crippen molar-refractivity contribution in [2.75, 3.05) is 0 Å². The summed E-state index contributed by atoms with van der Waals surface area (Å²) in [5.41, 5.74) is 3.94. The molecule has 0 amide bonds. The van der Waals surface area contributed by atoms with Crippen LogP contribution in [0.5, 0.6) is 5.75 Å². The molecular formula is C20H22N2O2. The van der Waals surface area contributed by atoms with Crippen LogP contribution in [0.1, 0.15) is 31.0 Å². The first-order valence-electron chi connectivity index (χ1n) is 8.13. The van der Waals surface area contributed by atoms with Crippen LogP contribution in [0, 0.1) is 0 Å². The van der Waals surface area contributed by atoms with E-state index in [1.165, 1.54) is 0 Å². The summed E-state index contributed by atoms with van der Waals surface area (Å²) >= 11 is 0. The normalized spacial score (nSPS) is 11.0. The fourth-order valence-corrected chi connectivity index (χ4v) is 2.69. The van der Waals surface area contributed by atoms with Crippen molar-refractivity contribution in [3.63, 3.8) is 0 Å². The highest BCUT2D eigenvalue weighted by Crippen LogP contribution is 2.28. The second-order valence-corrected chi connectivity index (χ2v) is 6.01. The van der Waals surface area contributed by atoms with Gasteiger partial charge in [-0.1, -0.05) is 30.3 Å². The first-order valence-corrected chi connectivity index (χ1v) is 8.13. The summed E-state index contributed by atoms with van der Waals surface area (Å²) in [4.78, 5) is 0. The van der Waals surface area contributed by atoms with Crippen molar-refractivity contribution in [2.24, 2.45) is 0 Å². The van der Waals surface area contributed by atoms with E-state index in [-0.39, 0.29) is 12.6 Å². The molecule has 1 heterocycles. The first-order chi connectivity index (χ1) is 11.7. The van der Waals surface area contributed by atoms with Crippen molar-refractivity contribution in [1.29, 1.82) is 0 Å². The molecule has 24 heavy (non-hydrogen) atoms. The minimum absolute atomic E-state index is 0.0617. The summed E-state index contributed by atoms with van der Waals surface area (Å²) in [6, 6.07) is 18.2. The van der Waals surface area contributed by atoms with Crippen molar-refractivity contribution < 1.29 is 9.84 Å². The van der Waals surface area contributed by atoms with Crippen LogP contribution in [0.25, 0.3) is 11.3 Å². The third kappa shape index (κ3) is 3.49. The Kier molecular flexibility index (Phi) is 4.96. The van der Waals surface area contributed by atoms with Crippen LogP contribution in [-0.2, 0) is 13.2 Å². The van der Waals surface area contributed by atoms with Crippen LogP contribution in [0.4, 0.5) is 0 Å². The zero-order valence-electron chi connectivity index (χ0n) is 14.0. The average molecular weight is 322 g/mol. The molecule has 0 aliphatic rings. The van der Waals surface area contributed by atoms with Crippen molar-refractivity contribution in [1.82, 2.24) is 9.78 Å². The second kappa shape index (κ2) is 7.32. The number of hydrogen-bond acceptors (Lipinski definition) is 3. The summed E-state index contributed by atoms with van der Waals surface area (Å²) in [6.07, 6.45) is 1.80. The average Bonchev–Trinajstić information content (AvgIpc) is 3.11. The molecule has 0 saturated carbocycles. The summed E-state index contributed by atoms with van der Waals surface area (Å²) in [5, 5.41) is 14.1. The number of benzene rings is 2. The molecule has 2 aromatic carbocycles. The molecule has 0 aliphatic carbocycles. The predicted octanol–water partition coefficient (Wildman–Crippen LogP) is 4.20. The van der Waals surface area contributed by atoms with E-state index in [2.05, 4.69) is 18.9 Å². The lowest BCUT2D eigenvalue weighted by molar-refractivity contribution is 0.259. The van der Waals surface area contributed by atoms with Crippen LogP contribution in [0.3, 0.4) is 0 Å². The van der Waals surface area contributed by atoms with Crippen LogP contribution in [-0.4, -0.2) is 14.9 Å². The van der Waals surface area contributed by atoms with Gasteiger partial charge in [-0.15, -0.1) is 0 Å². The number of nitrogens with zero attached hydrogens (tertiary/aromatic N) is 2. The van der Waals surface area contributed by atoms with E-state index >= 15 is 0 Å². The number of aromatic nitrogens is 2. The van der Waals surface area contributed by atoms with Gasteiger partial charge in [0.25, 0.3) is 0 Å². The first kappa shape index (κ1) is 16.3. The summed E-state index contributed by atoms with van der Waals surface area (Å²) in [5.74, 6) is 0.709. The van der Waals surface area contributed by atoms with E-state index in [4.69, 9.17) is 4.74 Å². The van der Waals surface area contributed by atoms with Gasteiger partial charge in [0.15, 0.2) is 0 Å². The Morgan fingerprint density at radius 2 is 1.88 bits per heavy atom. The van der Waals surface area contributed by atoms with Gasteiger partial charge in [0.1, 0.15) is 12.4 Å². The highest BCUT2D eigenvalue weighted by atomic mass is 16.5. The minimum atomic E-state index is -0.0617. The summed E-state index contributed by atoms with van der Waals surface area (Å²) in [6.45, 7) is 4.62. The Morgan fingerprint density at radius 3 is 2.58 bits per heavy atom.